The molecule has 0 bridgehead atoms. The van der Waals surface area contributed by atoms with Gasteiger partial charge in [0.2, 0.25) is 11.9 Å². The van der Waals surface area contributed by atoms with Gasteiger partial charge >= 0.3 is 0 Å². The van der Waals surface area contributed by atoms with Crippen LogP contribution in [-0.2, 0) is 9.53 Å². The molecule has 1 aliphatic carbocycles. The average Bonchev–Trinajstić information content (AvgIpc) is 3.08. The molecule has 3 rings (SSSR count). The minimum absolute atomic E-state index is 0.0645. The van der Waals surface area contributed by atoms with Crippen molar-refractivity contribution in [2.24, 2.45) is 5.92 Å². The Balaban J connectivity index is 1.46. The van der Waals surface area contributed by atoms with Crippen molar-refractivity contribution < 1.29 is 9.53 Å². The smallest absolute Gasteiger partial charge is 0.225 e. The summed E-state index contributed by atoms with van der Waals surface area (Å²) in [6.07, 6.45) is 10.2. The summed E-state index contributed by atoms with van der Waals surface area (Å²) in [5.74, 6) is 1.51. The van der Waals surface area contributed by atoms with Crippen molar-refractivity contribution >= 4 is 17.5 Å². The fourth-order valence-electron chi connectivity index (χ4n) is 3.17. The first-order chi connectivity index (χ1) is 10.8. The Hall–Kier alpha value is -1.69. The number of ether oxygens (including phenoxy) is 1. The third kappa shape index (κ3) is 4.16. The van der Waals surface area contributed by atoms with E-state index in [-0.39, 0.29) is 5.91 Å². The lowest BCUT2D eigenvalue weighted by Crippen LogP contribution is -2.37. The fraction of sp³-hybridized carbons (Fsp3) is 0.688. The lowest BCUT2D eigenvalue weighted by molar-refractivity contribution is -0.116. The molecule has 1 N–H and O–H groups in total. The molecule has 2 fully saturated rings. The van der Waals surface area contributed by atoms with Gasteiger partial charge < -0.3 is 15.0 Å². The predicted octanol–water partition coefficient (Wildman–Crippen LogP) is 2.22. The summed E-state index contributed by atoms with van der Waals surface area (Å²) in [5.41, 5.74) is 0.674. The number of amides is 1. The topological polar surface area (TPSA) is 67.4 Å². The molecule has 6 nitrogen and oxygen atoms in total. The zero-order chi connectivity index (χ0) is 15.2. The Morgan fingerprint density at radius 2 is 1.91 bits per heavy atom. The van der Waals surface area contributed by atoms with Crippen LogP contribution in [0.5, 0.6) is 0 Å². The van der Waals surface area contributed by atoms with Crippen LogP contribution in [0.15, 0.2) is 12.4 Å². The molecule has 0 unspecified atom stereocenters. The maximum Gasteiger partial charge on any atom is 0.225 e. The van der Waals surface area contributed by atoms with E-state index in [1.165, 1.54) is 25.7 Å². The maximum atomic E-state index is 12.0. The molecule has 0 atom stereocenters. The van der Waals surface area contributed by atoms with Gasteiger partial charge in [-0.3, -0.25) is 4.79 Å². The Labute approximate surface area is 131 Å². The molecule has 120 valence electrons. The van der Waals surface area contributed by atoms with Gasteiger partial charge in [0.05, 0.1) is 31.3 Å². The Morgan fingerprint density at radius 1 is 1.23 bits per heavy atom. The quantitative estimate of drug-likeness (QED) is 0.903. The first-order valence-corrected chi connectivity index (χ1v) is 8.26. The minimum Gasteiger partial charge on any atom is -0.378 e. The van der Waals surface area contributed by atoms with Crippen LogP contribution >= 0.6 is 0 Å². The van der Waals surface area contributed by atoms with E-state index < -0.39 is 0 Å². The molecule has 22 heavy (non-hydrogen) atoms. The van der Waals surface area contributed by atoms with Crippen molar-refractivity contribution in [3.8, 4) is 0 Å². The molecule has 2 heterocycles. The number of rotatable bonds is 5. The molecule has 1 aliphatic heterocycles. The standard InChI is InChI=1S/C16H24N4O2/c21-15(6-5-13-3-1-2-4-13)19-14-11-17-16(18-12-14)20-7-9-22-10-8-20/h11-13H,1-10H2,(H,19,21). The first-order valence-electron chi connectivity index (χ1n) is 8.26. The van der Waals surface area contributed by atoms with E-state index in [0.29, 0.717) is 31.3 Å². The molecule has 6 heteroatoms. The average molecular weight is 304 g/mol. The van der Waals surface area contributed by atoms with Crippen molar-refractivity contribution in [3.63, 3.8) is 0 Å². The molecule has 0 radical (unpaired) electrons. The minimum atomic E-state index is 0.0645. The molecule has 0 spiro atoms. The lowest BCUT2D eigenvalue weighted by atomic mass is 10.0. The summed E-state index contributed by atoms with van der Waals surface area (Å²) in [7, 11) is 0. The summed E-state index contributed by atoms with van der Waals surface area (Å²) in [5, 5.41) is 2.89. The molecular formula is C16H24N4O2. The van der Waals surface area contributed by atoms with Crippen molar-refractivity contribution in [2.45, 2.75) is 38.5 Å². The summed E-state index contributed by atoms with van der Waals surface area (Å²) in [4.78, 5) is 22.7. The first kappa shape index (κ1) is 15.2. The normalized spacial score (nSPS) is 19.4. The second-order valence-corrected chi connectivity index (χ2v) is 6.11. The van der Waals surface area contributed by atoms with Gasteiger partial charge in [-0.25, -0.2) is 9.97 Å². The second-order valence-electron chi connectivity index (χ2n) is 6.11. The molecule has 0 aromatic carbocycles. The largest absolute Gasteiger partial charge is 0.378 e. The summed E-state index contributed by atoms with van der Waals surface area (Å²) < 4.78 is 5.31. The summed E-state index contributed by atoms with van der Waals surface area (Å²) in [6, 6.07) is 0. The number of morpholine rings is 1. The van der Waals surface area contributed by atoms with Gasteiger partial charge in [-0.2, -0.15) is 0 Å². The van der Waals surface area contributed by atoms with E-state index in [1.807, 2.05) is 0 Å². The Bertz CT molecular complexity index is 479. The van der Waals surface area contributed by atoms with Gasteiger partial charge in [0, 0.05) is 19.5 Å². The summed E-state index contributed by atoms with van der Waals surface area (Å²) >= 11 is 0. The van der Waals surface area contributed by atoms with E-state index >= 15 is 0 Å². The Morgan fingerprint density at radius 3 is 2.59 bits per heavy atom. The molecule has 1 saturated carbocycles. The van der Waals surface area contributed by atoms with Crippen LogP contribution in [-0.4, -0.2) is 42.2 Å². The van der Waals surface area contributed by atoms with Crippen molar-refractivity contribution in [3.05, 3.63) is 12.4 Å². The highest BCUT2D eigenvalue weighted by Gasteiger charge is 2.17. The molecule has 1 aromatic heterocycles. The number of hydrogen-bond donors (Lipinski definition) is 1. The number of carbonyl (C=O) groups excluding carboxylic acids is 1. The fourth-order valence-corrected chi connectivity index (χ4v) is 3.17. The van der Waals surface area contributed by atoms with Crippen LogP contribution in [0.1, 0.15) is 38.5 Å². The van der Waals surface area contributed by atoms with Gasteiger partial charge in [-0.1, -0.05) is 25.7 Å². The van der Waals surface area contributed by atoms with E-state index in [1.54, 1.807) is 12.4 Å². The Kier molecular flexibility index (Phi) is 5.21. The van der Waals surface area contributed by atoms with E-state index in [9.17, 15) is 4.79 Å². The molecular weight excluding hydrogens is 280 g/mol. The van der Waals surface area contributed by atoms with Gasteiger partial charge in [0.15, 0.2) is 0 Å². The third-order valence-electron chi connectivity index (χ3n) is 4.47. The van der Waals surface area contributed by atoms with Crippen molar-refractivity contribution in [2.75, 3.05) is 36.5 Å². The number of nitrogens with zero attached hydrogens (tertiary/aromatic N) is 3. The molecule has 1 amide bonds. The number of anilines is 2. The van der Waals surface area contributed by atoms with E-state index in [0.717, 1.165) is 25.4 Å². The molecule has 1 saturated heterocycles. The van der Waals surface area contributed by atoms with Gasteiger partial charge in [-0.05, 0) is 12.3 Å². The van der Waals surface area contributed by atoms with Gasteiger partial charge in [0.1, 0.15) is 0 Å². The van der Waals surface area contributed by atoms with Crippen LogP contribution in [0.3, 0.4) is 0 Å². The zero-order valence-electron chi connectivity index (χ0n) is 13.0. The number of aromatic nitrogens is 2. The van der Waals surface area contributed by atoms with Crippen LogP contribution in [0.2, 0.25) is 0 Å². The highest BCUT2D eigenvalue weighted by atomic mass is 16.5. The second kappa shape index (κ2) is 7.54. The SMILES string of the molecule is O=C(CCC1CCCC1)Nc1cnc(N2CCOCC2)nc1. The van der Waals surface area contributed by atoms with Crippen LogP contribution in [0.4, 0.5) is 11.6 Å². The predicted molar refractivity (Wildman–Crippen MR) is 84.9 cm³/mol. The highest BCUT2D eigenvalue weighted by Crippen LogP contribution is 2.28. The van der Waals surface area contributed by atoms with Crippen molar-refractivity contribution in [1.82, 2.24) is 9.97 Å². The molecule has 2 aliphatic rings. The van der Waals surface area contributed by atoms with Gasteiger partial charge in [0.25, 0.3) is 0 Å². The molecule has 1 aromatic rings. The maximum absolute atomic E-state index is 12.0. The zero-order valence-corrected chi connectivity index (χ0v) is 13.0. The number of nitrogens with one attached hydrogen (secondary N) is 1. The van der Waals surface area contributed by atoms with E-state index in [4.69, 9.17) is 4.74 Å². The van der Waals surface area contributed by atoms with Crippen LogP contribution in [0.25, 0.3) is 0 Å². The van der Waals surface area contributed by atoms with Crippen LogP contribution < -0.4 is 10.2 Å². The van der Waals surface area contributed by atoms with Gasteiger partial charge in [-0.15, -0.1) is 0 Å². The third-order valence-corrected chi connectivity index (χ3v) is 4.47. The highest BCUT2D eigenvalue weighted by molar-refractivity contribution is 5.90. The monoisotopic (exact) mass is 304 g/mol. The van der Waals surface area contributed by atoms with Crippen molar-refractivity contribution in [1.29, 1.82) is 0 Å². The lowest BCUT2D eigenvalue weighted by Gasteiger charge is -2.26. The number of hydrogen-bond acceptors (Lipinski definition) is 5. The summed E-state index contributed by atoms with van der Waals surface area (Å²) in [6.45, 7) is 3.05. The number of carbonyl (C=O) groups is 1. The van der Waals surface area contributed by atoms with E-state index in [2.05, 4.69) is 20.2 Å². The van der Waals surface area contributed by atoms with Crippen LogP contribution in [0, 0.1) is 5.92 Å².